The van der Waals surface area contributed by atoms with Gasteiger partial charge in [-0.1, -0.05) is 66.7 Å². The number of likely N-dealkylation sites (tertiary alicyclic amines) is 1. The van der Waals surface area contributed by atoms with Gasteiger partial charge in [-0.2, -0.15) is 0 Å². The highest BCUT2D eigenvalue weighted by Crippen LogP contribution is 2.36. The zero-order chi connectivity index (χ0) is 21.9. The second kappa shape index (κ2) is 9.05. The molecule has 4 aromatic rings. The molecule has 1 aliphatic rings. The van der Waals surface area contributed by atoms with Gasteiger partial charge in [0.2, 0.25) is 5.91 Å². The van der Waals surface area contributed by atoms with Gasteiger partial charge in [-0.15, -0.1) is 11.3 Å². The molecule has 0 N–H and O–H groups in total. The van der Waals surface area contributed by atoms with Gasteiger partial charge in [-0.25, -0.2) is 4.98 Å². The molecule has 160 valence electrons. The molecule has 1 fully saturated rings. The molecular weight excluding hydrogens is 416 g/mol. The Morgan fingerprint density at radius 1 is 0.875 bits per heavy atom. The third kappa shape index (κ3) is 4.21. The molecule has 5 rings (SSSR count). The topological polar surface area (TPSA) is 50.3 Å². The van der Waals surface area contributed by atoms with Gasteiger partial charge < -0.3 is 4.90 Å². The van der Waals surface area contributed by atoms with Gasteiger partial charge in [0.1, 0.15) is 5.01 Å². The molecular formula is C27H24N2O2S. The molecule has 4 nitrogen and oxygen atoms in total. The van der Waals surface area contributed by atoms with Gasteiger partial charge in [-0.05, 0) is 36.1 Å². The molecule has 0 radical (unpaired) electrons. The minimum Gasteiger partial charge on any atom is -0.333 e. The average Bonchev–Trinajstić information content (AvgIpc) is 3.50. The molecule has 1 amide bonds. The summed E-state index contributed by atoms with van der Waals surface area (Å²) < 4.78 is 1.15. The molecule has 0 spiro atoms. The zero-order valence-corrected chi connectivity index (χ0v) is 18.6. The van der Waals surface area contributed by atoms with E-state index in [1.54, 1.807) is 11.3 Å². The highest BCUT2D eigenvalue weighted by molar-refractivity contribution is 7.18. The third-order valence-electron chi connectivity index (χ3n) is 6.05. The molecule has 1 atom stereocenters. The summed E-state index contributed by atoms with van der Waals surface area (Å²) in [5, 5.41) is 1.000. The number of hydrogen-bond donors (Lipinski definition) is 0. The van der Waals surface area contributed by atoms with E-state index < -0.39 is 0 Å². The maximum Gasteiger partial charge on any atom is 0.223 e. The maximum absolute atomic E-state index is 13.0. The van der Waals surface area contributed by atoms with Crippen LogP contribution in [0.1, 0.15) is 47.1 Å². The van der Waals surface area contributed by atoms with E-state index in [1.807, 2.05) is 77.7 Å². The van der Waals surface area contributed by atoms with Crippen molar-refractivity contribution in [3.63, 3.8) is 0 Å². The predicted molar refractivity (Wildman–Crippen MR) is 129 cm³/mol. The Morgan fingerprint density at radius 3 is 2.38 bits per heavy atom. The third-order valence-corrected chi connectivity index (χ3v) is 7.19. The number of hydrogen-bond acceptors (Lipinski definition) is 4. The van der Waals surface area contributed by atoms with Crippen molar-refractivity contribution in [2.45, 2.75) is 31.7 Å². The summed E-state index contributed by atoms with van der Waals surface area (Å²) in [4.78, 5) is 32.4. The van der Waals surface area contributed by atoms with Gasteiger partial charge >= 0.3 is 0 Å². The smallest absolute Gasteiger partial charge is 0.223 e. The highest BCUT2D eigenvalue weighted by atomic mass is 32.1. The van der Waals surface area contributed by atoms with Crippen LogP contribution in [0.5, 0.6) is 0 Å². The van der Waals surface area contributed by atoms with Crippen LogP contribution < -0.4 is 0 Å². The van der Waals surface area contributed by atoms with Crippen LogP contribution in [0.25, 0.3) is 21.3 Å². The number of rotatable bonds is 6. The van der Waals surface area contributed by atoms with E-state index in [1.165, 1.54) is 0 Å². The van der Waals surface area contributed by atoms with Crippen LogP contribution in [-0.2, 0) is 4.79 Å². The zero-order valence-electron chi connectivity index (χ0n) is 17.7. The lowest BCUT2D eigenvalue weighted by Crippen LogP contribution is -2.30. The summed E-state index contributed by atoms with van der Waals surface area (Å²) in [5.41, 5.74) is 3.84. The Hall–Kier alpha value is -3.31. The van der Waals surface area contributed by atoms with Crippen LogP contribution in [0.15, 0.2) is 78.9 Å². The van der Waals surface area contributed by atoms with Gasteiger partial charge in [0, 0.05) is 24.9 Å². The standard InChI is InChI=1S/C27H24N2O2S/c30-24(21-14-12-20(13-15-21)19-7-2-1-3-8-19)16-17-26(31)29-18-6-10-23(29)27-28-22-9-4-5-11-25(22)32-27/h1-5,7-9,11-15,23H,6,10,16-18H2. The van der Waals surface area contributed by atoms with Gasteiger partial charge in [0.25, 0.3) is 0 Å². The number of thiazole rings is 1. The Balaban J connectivity index is 1.22. The van der Waals surface area contributed by atoms with Gasteiger partial charge in [-0.3, -0.25) is 9.59 Å². The van der Waals surface area contributed by atoms with Crippen molar-refractivity contribution >= 4 is 33.2 Å². The second-order valence-electron chi connectivity index (χ2n) is 8.13. The summed E-state index contributed by atoms with van der Waals surface area (Å²) in [6, 6.07) is 25.8. The van der Waals surface area contributed by atoms with Crippen molar-refractivity contribution in [3.05, 3.63) is 89.4 Å². The lowest BCUT2D eigenvalue weighted by Gasteiger charge is -2.23. The van der Waals surface area contributed by atoms with Crippen molar-refractivity contribution in [2.75, 3.05) is 6.54 Å². The summed E-state index contributed by atoms with van der Waals surface area (Å²) >= 11 is 1.66. The van der Waals surface area contributed by atoms with E-state index in [9.17, 15) is 9.59 Å². The van der Waals surface area contributed by atoms with Gasteiger partial charge in [0.15, 0.2) is 5.78 Å². The number of para-hydroxylation sites is 1. The Labute approximate surface area is 191 Å². The summed E-state index contributed by atoms with van der Waals surface area (Å²) in [6.45, 7) is 0.736. The van der Waals surface area contributed by atoms with Crippen LogP contribution in [0.3, 0.4) is 0 Å². The van der Waals surface area contributed by atoms with Crippen LogP contribution in [0, 0.1) is 0 Å². The number of carbonyl (C=O) groups excluding carboxylic acids is 2. The molecule has 5 heteroatoms. The predicted octanol–water partition coefficient (Wildman–Crippen LogP) is 6.29. The Bertz CT molecular complexity index is 1210. The fourth-order valence-electron chi connectivity index (χ4n) is 4.34. The van der Waals surface area contributed by atoms with Crippen molar-refractivity contribution in [1.82, 2.24) is 9.88 Å². The van der Waals surface area contributed by atoms with Crippen molar-refractivity contribution in [2.24, 2.45) is 0 Å². The first kappa shape index (κ1) is 20.6. The molecule has 1 aromatic heterocycles. The molecule has 1 aliphatic heterocycles. The molecule has 1 saturated heterocycles. The Kier molecular flexibility index (Phi) is 5.82. The first-order valence-electron chi connectivity index (χ1n) is 11.0. The fourth-order valence-corrected chi connectivity index (χ4v) is 5.46. The number of amides is 1. The normalized spacial score (nSPS) is 15.9. The first-order chi connectivity index (χ1) is 15.7. The number of fused-ring (bicyclic) bond motifs is 1. The fraction of sp³-hybridized carbons (Fsp3) is 0.222. The summed E-state index contributed by atoms with van der Waals surface area (Å²) in [7, 11) is 0. The Morgan fingerprint density at radius 2 is 1.59 bits per heavy atom. The molecule has 0 saturated carbocycles. The van der Waals surface area contributed by atoms with Gasteiger partial charge in [0.05, 0.1) is 16.3 Å². The summed E-state index contributed by atoms with van der Waals surface area (Å²) in [5.74, 6) is 0.0507. The highest BCUT2D eigenvalue weighted by Gasteiger charge is 2.32. The number of benzene rings is 3. The van der Waals surface area contributed by atoms with Crippen molar-refractivity contribution in [3.8, 4) is 11.1 Å². The number of Topliss-reactive ketones (excluding diaryl/α,β-unsaturated/α-hetero) is 1. The number of carbonyl (C=O) groups is 2. The molecule has 1 unspecified atom stereocenters. The minimum absolute atomic E-state index is 0.00805. The number of ketones is 1. The SMILES string of the molecule is O=C(CCC(=O)N1CCCC1c1nc2ccccc2s1)c1ccc(-c2ccccc2)cc1. The molecule has 0 bridgehead atoms. The van der Waals surface area contributed by atoms with E-state index in [0.29, 0.717) is 5.56 Å². The average molecular weight is 441 g/mol. The number of aromatic nitrogens is 1. The monoisotopic (exact) mass is 440 g/mol. The van der Waals surface area contributed by atoms with Crippen LogP contribution >= 0.6 is 11.3 Å². The van der Waals surface area contributed by atoms with E-state index >= 15 is 0 Å². The van der Waals surface area contributed by atoms with E-state index in [0.717, 1.165) is 45.7 Å². The van der Waals surface area contributed by atoms with Crippen molar-refractivity contribution in [1.29, 1.82) is 0 Å². The van der Waals surface area contributed by atoms with Crippen LogP contribution in [-0.4, -0.2) is 28.1 Å². The number of nitrogens with zero attached hydrogens (tertiary/aromatic N) is 2. The molecule has 3 aromatic carbocycles. The minimum atomic E-state index is 0.00805. The largest absolute Gasteiger partial charge is 0.333 e. The van der Waals surface area contributed by atoms with Crippen LogP contribution in [0.4, 0.5) is 0 Å². The molecule has 2 heterocycles. The molecule has 0 aliphatic carbocycles. The quantitative estimate of drug-likeness (QED) is 0.331. The van der Waals surface area contributed by atoms with Crippen LogP contribution in [0.2, 0.25) is 0 Å². The van der Waals surface area contributed by atoms with Crippen molar-refractivity contribution < 1.29 is 9.59 Å². The maximum atomic E-state index is 13.0. The van der Waals surface area contributed by atoms with E-state index in [-0.39, 0.29) is 30.6 Å². The van der Waals surface area contributed by atoms with E-state index in [4.69, 9.17) is 4.98 Å². The summed E-state index contributed by atoms with van der Waals surface area (Å²) in [6.07, 6.45) is 2.37. The first-order valence-corrected chi connectivity index (χ1v) is 11.8. The lowest BCUT2D eigenvalue weighted by molar-refractivity contribution is -0.132. The van der Waals surface area contributed by atoms with E-state index in [2.05, 4.69) is 6.07 Å². The lowest BCUT2D eigenvalue weighted by atomic mass is 10.0. The second-order valence-corrected chi connectivity index (χ2v) is 9.19. The molecule has 32 heavy (non-hydrogen) atoms.